The number of aromatic nitrogens is 1. The molecule has 1 unspecified atom stereocenters. The van der Waals surface area contributed by atoms with Crippen LogP contribution in [0.4, 0.5) is 0 Å². The van der Waals surface area contributed by atoms with Gasteiger partial charge in [0.15, 0.2) is 0 Å². The molecule has 0 fully saturated rings. The summed E-state index contributed by atoms with van der Waals surface area (Å²) in [7, 11) is 0. The van der Waals surface area contributed by atoms with Crippen molar-refractivity contribution in [1.29, 1.82) is 0 Å². The number of benzene rings is 6. The molecular formula is C50H43N. The van der Waals surface area contributed by atoms with Crippen LogP contribution in [0, 0.1) is 6.92 Å². The summed E-state index contributed by atoms with van der Waals surface area (Å²) in [6, 6.07) is 43.3. The Bertz CT molecular complexity index is 2620. The van der Waals surface area contributed by atoms with Gasteiger partial charge in [-0.25, -0.2) is 0 Å². The van der Waals surface area contributed by atoms with Gasteiger partial charge in [-0.1, -0.05) is 135 Å². The molecule has 0 saturated heterocycles. The van der Waals surface area contributed by atoms with E-state index in [1.807, 2.05) is 18.2 Å². The molecule has 0 spiro atoms. The lowest BCUT2D eigenvalue weighted by molar-refractivity contribution is 0.713. The van der Waals surface area contributed by atoms with Crippen molar-refractivity contribution < 1.29 is 0 Å². The van der Waals surface area contributed by atoms with Crippen LogP contribution in [-0.4, -0.2) is 4.57 Å². The maximum atomic E-state index is 4.14. The minimum Gasteiger partial charge on any atom is -0.309 e. The second-order valence-corrected chi connectivity index (χ2v) is 13.8. The Morgan fingerprint density at radius 2 is 1.37 bits per heavy atom. The van der Waals surface area contributed by atoms with Crippen molar-refractivity contribution in [2.24, 2.45) is 0 Å². The van der Waals surface area contributed by atoms with E-state index in [9.17, 15) is 0 Å². The first-order valence-corrected chi connectivity index (χ1v) is 18.0. The highest BCUT2D eigenvalue weighted by Crippen LogP contribution is 2.55. The van der Waals surface area contributed by atoms with Crippen LogP contribution in [0.2, 0.25) is 0 Å². The van der Waals surface area contributed by atoms with Gasteiger partial charge in [-0.05, 0) is 130 Å². The van der Waals surface area contributed by atoms with Crippen LogP contribution in [0.3, 0.4) is 0 Å². The topological polar surface area (TPSA) is 4.93 Å². The number of hydrogen-bond acceptors (Lipinski definition) is 0. The van der Waals surface area contributed by atoms with E-state index in [4.69, 9.17) is 0 Å². The molecule has 0 aliphatic heterocycles. The van der Waals surface area contributed by atoms with E-state index < -0.39 is 0 Å². The van der Waals surface area contributed by atoms with E-state index >= 15 is 0 Å². The van der Waals surface area contributed by atoms with E-state index in [1.165, 1.54) is 82.7 Å². The third-order valence-corrected chi connectivity index (χ3v) is 11.0. The molecule has 0 radical (unpaired) electrons. The quantitative estimate of drug-likeness (QED) is 0.143. The summed E-state index contributed by atoms with van der Waals surface area (Å²) in [6.45, 7) is 17.0. The first kappa shape index (κ1) is 32.3. The lowest BCUT2D eigenvalue weighted by atomic mass is 9.73. The van der Waals surface area contributed by atoms with Crippen LogP contribution in [0.1, 0.15) is 60.6 Å². The lowest BCUT2D eigenvalue weighted by Gasteiger charge is -2.29. The van der Waals surface area contributed by atoms with Crippen molar-refractivity contribution in [3.63, 3.8) is 0 Å². The molecule has 248 valence electrons. The molecule has 0 amide bonds. The molecule has 7 aromatic rings. The van der Waals surface area contributed by atoms with Gasteiger partial charge in [-0.3, -0.25) is 0 Å². The standard InChI is InChI=1S/C50H43N/c1-7-11-18-35(10-4)37-24-28-48-44(31-37)43-30-36(34(9-3)17-8-2)23-27-47(43)51(48)39-25-26-42-45(32-39)50(6,38-19-13-12-14-20-38)46-29-33(5)40-21-15-16-22-41(40)49(42)46/h7,9-32H,1,3,8H2,2,4-6H3/b18-11-,34-17+,35-10+. The Morgan fingerprint density at radius 1 is 0.706 bits per heavy atom. The number of hydrogen-bond donors (Lipinski definition) is 0. The maximum absolute atomic E-state index is 4.14. The van der Waals surface area contributed by atoms with Gasteiger partial charge in [-0.15, -0.1) is 0 Å². The minimum atomic E-state index is -0.321. The zero-order chi connectivity index (χ0) is 35.3. The first-order chi connectivity index (χ1) is 24.9. The smallest absolute Gasteiger partial charge is 0.0541 e. The van der Waals surface area contributed by atoms with Crippen molar-refractivity contribution in [3.8, 4) is 16.8 Å². The SMILES string of the molecule is C=C/C=C\C(=C/C)c1ccc2c(c1)c1cc(/C(C=C)=C/CC)ccc1n2-c1ccc2c(c1)C(C)(c1ccccc1)c1cc(C)c3ccccc3c1-2. The molecule has 0 N–H and O–H groups in total. The predicted octanol–water partition coefficient (Wildman–Crippen LogP) is 13.7. The highest BCUT2D eigenvalue weighted by Gasteiger charge is 2.42. The fraction of sp³-hybridized carbons (Fsp3) is 0.120. The third kappa shape index (κ3) is 4.99. The molecule has 0 bridgehead atoms. The van der Waals surface area contributed by atoms with Crippen LogP contribution in [0.15, 0.2) is 165 Å². The minimum absolute atomic E-state index is 0.321. The molecule has 1 aromatic heterocycles. The molecule has 51 heavy (non-hydrogen) atoms. The fourth-order valence-electron chi connectivity index (χ4n) is 8.50. The normalized spacial score (nSPS) is 15.9. The number of nitrogens with zero attached hydrogens (tertiary/aromatic N) is 1. The summed E-state index contributed by atoms with van der Waals surface area (Å²) >= 11 is 0. The molecule has 6 aromatic carbocycles. The molecule has 1 aliphatic carbocycles. The van der Waals surface area contributed by atoms with Crippen molar-refractivity contribution in [2.75, 3.05) is 0 Å². The van der Waals surface area contributed by atoms with Crippen molar-refractivity contribution in [2.45, 2.75) is 39.5 Å². The molecular weight excluding hydrogens is 615 g/mol. The van der Waals surface area contributed by atoms with E-state index in [0.29, 0.717) is 0 Å². The Balaban J connectivity index is 1.43. The van der Waals surface area contributed by atoms with E-state index in [1.54, 1.807) is 0 Å². The zero-order valence-corrected chi connectivity index (χ0v) is 30.0. The summed E-state index contributed by atoms with van der Waals surface area (Å²) in [5.74, 6) is 0. The number of fused-ring (bicyclic) bond motifs is 8. The molecule has 1 aliphatic rings. The molecule has 0 saturated carbocycles. The Labute approximate surface area is 301 Å². The van der Waals surface area contributed by atoms with Crippen molar-refractivity contribution >= 4 is 43.7 Å². The third-order valence-electron chi connectivity index (χ3n) is 11.0. The van der Waals surface area contributed by atoms with Gasteiger partial charge in [0.2, 0.25) is 0 Å². The van der Waals surface area contributed by atoms with Gasteiger partial charge < -0.3 is 4.57 Å². The highest BCUT2D eigenvalue weighted by molar-refractivity contribution is 6.11. The average molecular weight is 658 g/mol. The van der Waals surface area contributed by atoms with Gasteiger partial charge in [0.05, 0.1) is 11.0 Å². The van der Waals surface area contributed by atoms with Crippen molar-refractivity contribution in [1.82, 2.24) is 4.57 Å². The second kappa shape index (κ2) is 12.8. The monoisotopic (exact) mass is 657 g/mol. The van der Waals surface area contributed by atoms with Gasteiger partial charge in [0, 0.05) is 21.9 Å². The molecule has 1 atom stereocenters. The number of rotatable bonds is 8. The summed E-state index contributed by atoms with van der Waals surface area (Å²) in [5.41, 5.74) is 15.9. The number of aryl methyl sites for hydroxylation is 1. The van der Waals surface area contributed by atoms with Crippen LogP contribution in [0.5, 0.6) is 0 Å². The Kier molecular flexibility index (Phi) is 8.08. The molecule has 1 heterocycles. The Hall–Kier alpha value is -5.92. The zero-order valence-electron chi connectivity index (χ0n) is 30.0. The van der Waals surface area contributed by atoms with Crippen LogP contribution in [-0.2, 0) is 5.41 Å². The lowest BCUT2D eigenvalue weighted by Crippen LogP contribution is -2.22. The van der Waals surface area contributed by atoms with Gasteiger partial charge >= 0.3 is 0 Å². The fourth-order valence-corrected chi connectivity index (χ4v) is 8.50. The average Bonchev–Trinajstić information content (AvgIpc) is 3.63. The van der Waals surface area contributed by atoms with Crippen LogP contribution < -0.4 is 0 Å². The predicted molar refractivity (Wildman–Crippen MR) is 222 cm³/mol. The molecule has 1 heteroatoms. The van der Waals surface area contributed by atoms with Gasteiger partial charge in [-0.2, -0.15) is 0 Å². The van der Waals surface area contributed by atoms with Gasteiger partial charge in [0.25, 0.3) is 0 Å². The maximum Gasteiger partial charge on any atom is 0.0541 e. The Morgan fingerprint density at radius 3 is 2.02 bits per heavy atom. The van der Waals surface area contributed by atoms with E-state index in [-0.39, 0.29) is 5.41 Å². The van der Waals surface area contributed by atoms with E-state index in [2.05, 4.69) is 179 Å². The summed E-state index contributed by atoms with van der Waals surface area (Å²) in [6.07, 6.45) is 13.3. The number of allylic oxidation sites excluding steroid dienone is 8. The second-order valence-electron chi connectivity index (χ2n) is 13.8. The summed E-state index contributed by atoms with van der Waals surface area (Å²) in [4.78, 5) is 0. The molecule has 1 nitrogen and oxygen atoms in total. The highest BCUT2D eigenvalue weighted by atomic mass is 15.0. The molecule has 8 rings (SSSR count). The van der Waals surface area contributed by atoms with Gasteiger partial charge in [0.1, 0.15) is 0 Å². The van der Waals surface area contributed by atoms with Crippen LogP contribution >= 0.6 is 0 Å². The summed E-state index contributed by atoms with van der Waals surface area (Å²) in [5, 5.41) is 5.10. The first-order valence-electron chi connectivity index (χ1n) is 18.0. The van der Waals surface area contributed by atoms with Crippen molar-refractivity contribution in [3.05, 3.63) is 198 Å². The van der Waals surface area contributed by atoms with Crippen LogP contribution in [0.25, 0.3) is 60.5 Å². The summed E-state index contributed by atoms with van der Waals surface area (Å²) < 4.78 is 2.46. The van der Waals surface area contributed by atoms with E-state index in [0.717, 1.165) is 17.7 Å². The largest absolute Gasteiger partial charge is 0.309 e.